The molecule has 0 saturated heterocycles. The zero-order valence-corrected chi connectivity index (χ0v) is 10.6. The molecule has 0 heterocycles. The Morgan fingerprint density at radius 3 is 3.00 bits per heavy atom. The van der Waals surface area contributed by atoms with Gasteiger partial charge in [0.25, 0.3) is 0 Å². The van der Waals surface area contributed by atoms with Crippen molar-refractivity contribution >= 4 is 39.3 Å². The van der Waals surface area contributed by atoms with Crippen LogP contribution in [0.5, 0.6) is 0 Å². The van der Waals surface area contributed by atoms with Crippen molar-refractivity contribution in [2.24, 2.45) is 0 Å². The van der Waals surface area contributed by atoms with Crippen molar-refractivity contribution in [3.63, 3.8) is 0 Å². The number of hydrogen-bond acceptors (Lipinski definition) is 2. The van der Waals surface area contributed by atoms with Gasteiger partial charge in [0, 0.05) is 10.7 Å². The molecule has 0 unspecified atom stereocenters. The number of ether oxygens (including phenoxy) is 1. The average molecular weight is 303 g/mol. The van der Waals surface area contributed by atoms with E-state index in [0.717, 1.165) is 0 Å². The van der Waals surface area contributed by atoms with Gasteiger partial charge in [0.2, 0.25) is 0 Å². The maximum absolute atomic E-state index is 11.2. The minimum absolute atomic E-state index is 0.0675. The number of alkyl halides is 1. The Morgan fingerprint density at radius 1 is 1.50 bits per heavy atom. The van der Waals surface area contributed by atoms with E-state index in [2.05, 4.69) is 33.1 Å². The fraction of sp³-hybridized carbons (Fsp3) is 0.182. The first-order chi connectivity index (χ1) is 7.72. The monoisotopic (exact) mass is 301 g/mol. The van der Waals surface area contributed by atoms with Crippen molar-refractivity contribution in [1.82, 2.24) is 0 Å². The molecular weight excluding hydrogens is 293 g/mol. The van der Waals surface area contributed by atoms with E-state index < -0.39 is 6.09 Å². The van der Waals surface area contributed by atoms with Crippen molar-refractivity contribution in [3.8, 4) is 11.8 Å². The first-order valence-electron chi connectivity index (χ1n) is 4.43. The second-order valence-electron chi connectivity index (χ2n) is 2.70. The number of hydrogen-bond donors (Lipinski definition) is 1. The first kappa shape index (κ1) is 12.9. The molecule has 16 heavy (non-hydrogen) atoms. The molecule has 1 rings (SSSR count). The molecular formula is C11H9BrClNO2. The second kappa shape index (κ2) is 7.15. The fourth-order valence-corrected chi connectivity index (χ4v) is 1.31. The van der Waals surface area contributed by atoms with Crippen molar-refractivity contribution < 1.29 is 9.53 Å². The average Bonchev–Trinajstić information content (AvgIpc) is 2.24. The number of amides is 1. The van der Waals surface area contributed by atoms with E-state index in [9.17, 15) is 4.79 Å². The first-order valence-corrected chi connectivity index (χ1v) is 5.93. The van der Waals surface area contributed by atoms with Crippen LogP contribution in [-0.4, -0.2) is 18.0 Å². The molecule has 5 heteroatoms. The standard InChI is InChI=1S/C11H9BrClNO2/c12-6-1-2-7-16-11(15)14-10-5-3-4-9(13)8-10/h3-5,8H,6-7H2,(H,14,15). The number of nitrogens with one attached hydrogen (secondary N) is 1. The Hall–Kier alpha value is -1.18. The highest BCUT2D eigenvalue weighted by Crippen LogP contribution is 2.14. The summed E-state index contributed by atoms with van der Waals surface area (Å²) in [5.74, 6) is 5.37. The van der Waals surface area contributed by atoms with Gasteiger partial charge in [-0.25, -0.2) is 4.79 Å². The molecule has 0 spiro atoms. The molecule has 1 aromatic carbocycles. The molecule has 0 aromatic heterocycles. The molecule has 0 atom stereocenters. The topological polar surface area (TPSA) is 38.3 Å². The summed E-state index contributed by atoms with van der Waals surface area (Å²) in [6, 6.07) is 6.81. The number of rotatable bonds is 2. The molecule has 1 N–H and O–H groups in total. The summed E-state index contributed by atoms with van der Waals surface area (Å²) in [4.78, 5) is 11.2. The summed E-state index contributed by atoms with van der Waals surface area (Å²) in [5.41, 5.74) is 0.589. The van der Waals surface area contributed by atoms with Crippen LogP contribution >= 0.6 is 27.5 Å². The Kier molecular flexibility index (Phi) is 5.76. The van der Waals surface area contributed by atoms with E-state index in [0.29, 0.717) is 16.0 Å². The summed E-state index contributed by atoms with van der Waals surface area (Å²) >= 11 is 8.89. The van der Waals surface area contributed by atoms with Gasteiger partial charge in [-0.05, 0) is 18.2 Å². The Balaban J connectivity index is 2.40. The second-order valence-corrected chi connectivity index (χ2v) is 3.70. The van der Waals surface area contributed by atoms with Gasteiger partial charge in [-0.2, -0.15) is 0 Å². The Labute approximate surface area is 107 Å². The molecule has 0 aliphatic rings. The van der Waals surface area contributed by atoms with Gasteiger partial charge < -0.3 is 4.74 Å². The Bertz CT molecular complexity index is 425. The molecule has 3 nitrogen and oxygen atoms in total. The lowest BCUT2D eigenvalue weighted by molar-refractivity contribution is 0.176. The highest BCUT2D eigenvalue weighted by atomic mass is 79.9. The normalized spacial score (nSPS) is 8.88. The van der Waals surface area contributed by atoms with Crippen molar-refractivity contribution in [1.29, 1.82) is 0 Å². The zero-order valence-electron chi connectivity index (χ0n) is 8.30. The predicted octanol–water partition coefficient (Wildman–Crippen LogP) is 3.29. The summed E-state index contributed by atoms with van der Waals surface area (Å²) < 4.78 is 4.80. The van der Waals surface area contributed by atoms with Gasteiger partial charge in [0.05, 0.1) is 5.33 Å². The van der Waals surface area contributed by atoms with Gasteiger partial charge in [0.1, 0.15) is 0 Å². The number of carbonyl (C=O) groups is 1. The van der Waals surface area contributed by atoms with Crippen LogP contribution in [0.3, 0.4) is 0 Å². The predicted molar refractivity (Wildman–Crippen MR) is 68.0 cm³/mol. The lowest BCUT2D eigenvalue weighted by Crippen LogP contribution is -2.13. The quantitative estimate of drug-likeness (QED) is 0.672. The van der Waals surface area contributed by atoms with Crippen molar-refractivity contribution in [2.75, 3.05) is 17.3 Å². The van der Waals surface area contributed by atoms with Gasteiger partial charge in [0.15, 0.2) is 6.61 Å². The summed E-state index contributed by atoms with van der Waals surface area (Å²) in [6.45, 7) is 0.0675. The fourth-order valence-electron chi connectivity index (χ4n) is 0.920. The largest absolute Gasteiger partial charge is 0.436 e. The number of benzene rings is 1. The van der Waals surface area contributed by atoms with Crippen LogP contribution in [0.4, 0.5) is 10.5 Å². The van der Waals surface area contributed by atoms with E-state index in [1.165, 1.54) is 0 Å². The molecule has 84 valence electrons. The number of anilines is 1. The molecule has 0 saturated carbocycles. The molecule has 1 amide bonds. The van der Waals surface area contributed by atoms with E-state index in [1.54, 1.807) is 24.3 Å². The lowest BCUT2D eigenvalue weighted by atomic mass is 10.3. The van der Waals surface area contributed by atoms with Crippen LogP contribution in [0, 0.1) is 11.8 Å². The van der Waals surface area contributed by atoms with Gasteiger partial charge in [-0.1, -0.05) is 45.4 Å². The molecule has 1 aromatic rings. The summed E-state index contributed by atoms with van der Waals surface area (Å²) in [6.07, 6.45) is -0.550. The maximum atomic E-state index is 11.2. The molecule has 0 radical (unpaired) electrons. The van der Waals surface area contributed by atoms with Crippen LogP contribution in [-0.2, 0) is 4.74 Å². The van der Waals surface area contributed by atoms with Crippen LogP contribution in [0.25, 0.3) is 0 Å². The zero-order chi connectivity index (χ0) is 11.8. The molecule has 0 bridgehead atoms. The minimum Gasteiger partial charge on any atom is -0.436 e. The van der Waals surface area contributed by atoms with E-state index >= 15 is 0 Å². The SMILES string of the molecule is O=C(Nc1cccc(Cl)c1)OCC#CCBr. The van der Waals surface area contributed by atoms with Crippen molar-refractivity contribution in [3.05, 3.63) is 29.3 Å². The van der Waals surface area contributed by atoms with E-state index in [-0.39, 0.29) is 6.61 Å². The maximum Gasteiger partial charge on any atom is 0.412 e. The number of carbonyl (C=O) groups excluding carboxylic acids is 1. The molecule has 0 aliphatic heterocycles. The highest BCUT2D eigenvalue weighted by molar-refractivity contribution is 9.09. The van der Waals surface area contributed by atoms with Crippen LogP contribution in [0.2, 0.25) is 5.02 Å². The van der Waals surface area contributed by atoms with E-state index in [4.69, 9.17) is 16.3 Å². The molecule has 0 aliphatic carbocycles. The number of halogens is 2. The third-order valence-electron chi connectivity index (χ3n) is 1.54. The lowest BCUT2D eigenvalue weighted by Gasteiger charge is -2.04. The smallest absolute Gasteiger partial charge is 0.412 e. The Morgan fingerprint density at radius 2 is 2.31 bits per heavy atom. The summed E-state index contributed by atoms with van der Waals surface area (Å²) in [5, 5.41) is 3.65. The van der Waals surface area contributed by atoms with Gasteiger partial charge in [-0.15, -0.1) is 0 Å². The third-order valence-corrected chi connectivity index (χ3v) is 2.05. The minimum atomic E-state index is -0.550. The van der Waals surface area contributed by atoms with E-state index in [1.807, 2.05) is 0 Å². The third kappa shape index (κ3) is 5.06. The van der Waals surface area contributed by atoms with Crippen LogP contribution < -0.4 is 5.32 Å². The van der Waals surface area contributed by atoms with Crippen molar-refractivity contribution in [2.45, 2.75) is 0 Å². The summed E-state index contributed by atoms with van der Waals surface area (Å²) in [7, 11) is 0. The van der Waals surface area contributed by atoms with Crippen LogP contribution in [0.15, 0.2) is 24.3 Å². The van der Waals surface area contributed by atoms with Gasteiger partial charge >= 0.3 is 6.09 Å². The molecule has 0 fully saturated rings. The highest BCUT2D eigenvalue weighted by Gasteiger charge is 2.01. The van der Waals surface area contributed by atoms with Crippen LogP contribution in [0.1, 0.15) is 0 Å². The van der Waals surface area contributed by atoms with Gasteiger partial charge in [-0.3, -0.25) is 5.32 Å².